The quantitative estimate of drug-likeness (QED) is 0.215. The van der Waals surface area contributed by atoms with Gasteiger partial charge in [0.05, 0.1) is 36.0 Å². The molecule has 178 valence electrons. The van der Waals surface area contributed by atoms with Crippen molar-refractivity contribution in [3.8, 4) is 45.0 Å². The molecule has 0 atom stereocenters. The molecule has 1 heterocycles. The van der Waals surface area contributed by atoms with Gasteiger partial charge >= 0.3 is 0 Å². The zero-order valence-corrected chi connectivity index (χ0v) is 19.8. The second-order valence-electron chi connectivity index (χ2n) is 8.21. The molecule has 7 nitrogen and oxygen atoms in total. The van der Waals surface area contributed by atoms with Gasteiger partial charge in [-0.15, -0.1) is 0 Å². The first-order valence-electron chi connectivity index (χ1n) is 11.3. The third-order valence-electron chi connectivity index (χ3n) is 6.18. The Morgan fingerprint density at radius 1 is 0.750 bits per heavy atom. The molecule has 0 saturated carbocycles. The van der Waals surface area contributed by atoms with Crippen LogP contribution in [-0.2, 0) is 0 Å². The Hall–Kier alpha value is -4.91. The third-order valence-corrected chi connectivity index (χ3v) is 6.18. The number of aromatic nitrogens is 1. The molecule has 0 aliphatic carbocycles. The molecule has 0 spiro atoms. The normalized spacial score (nSPS) is 10.8. The first-order chi connectivity index (χ1) is 17.5. The fourth-order valence-electron chi connectivity index (χ4n) is 4.36. The molecule has 0 radical (unpaired) electrons. The molecular formula is C29H23N3O4. The first kappa shape index (κ1) is 22.9. The topological polar surface area (TPSA) is 101 Å². The molecule has 0 saturated heterocycles. The van der Waals surface area contributed by atoms with E-state index >= 15 is 0 Å². The number of nitro groups is 1. The standard InChI is InChI=1S/C29H23N3O4/c1-35-22-14-8-19(9-15-22)26-28(30)27-24(18-6-12-21(13-7-18)32(33)34)4-3-5-25(27)31-29(26)20-10-16-23(36-2)17-11-20/h3-17H,1-2H3,(H2,30,31). The van der Waals surface area contributed by atoms with Crippen molar-refractivity contribution in [3.05, 3.63) is 101 Å². The second-order valence-corrected chi connectivity index (χ2v) is 8.21. The highest BCUT2D eigenvalue weighted by Crippen LogP contribution is 2.43. The number of fused-ring (bicyclic) bond motifs is 1. The van der Waals surface area contributed by atoms with Crippen molar-refractivity contribution < 1.29 is 14.4 Å². The zero-order valence-electron chi connectivity index (χ0n) is 19.8. The summed E-state index contributed by atoms with van der Waals surface area (Å²) in [6.07, 6.45) is 0. The molecule has 0 aliphatic rings. The van der Waals surface area contributed by atoms with E-state index < -0.39 is 4.92 Å². The fraction of sp³-hybridized carbons (Fsp3) is 0.0690. The van der Waals surface area contributed by atoms with E-state index in [2.05, 4.69) is 0 Å². The maximum Gasteiger partial charge on any atom is 0.269 e. The van der Waals surface area contributed by atoms with E-state index in [1.165, 1.54) is 12.1 Å². The molecule has 5 rings (SSSR count). The number of rotatable bonds is 6. The van der Waals surface area contributed by atoms with Crippen molar-refractivity contribution in [2.24, 2.45) is 0 Å². The third kappa shape index (κ3) is 4.07. The smallest absolute Gasteiger partial charge is 0.269 e. The number of methoxy groups -OCH3 is 2. The predicted octanol–water partition coefficient (Wildman–Crippen LogP) is 6.74. The SMILES string of the molecule is COc1ccc(-c2nc3cccc(-c4ccc([N+](=O)[O-])cc4)c3c(N)c2-c2ccc(OC)cc2)cc1. The van der Waals surface area contributed by atoms with Crippen LogP contribution in [0, 0.1) is 10.1 Å². The number of nitro benzene ring substituents is 1. The first-order valence-corrected chi connectivity index (χ1v) is 11.3. The van der Waals surface area contributed by atoms with Gasteiger partial charge in [-0.05, 0) is 71.3 Å². The van der Waals surface area contributed by atoms with E-state index in [9.17, 15) is 10.1 Å². The summed E-state index contributed by atoms with van der Waals surface area (Å²) in [5, 5.41) is 11.9. The molecular weight excluding hydrogens is 454 g/mol. The van der Waals surface area contributed by atoms with Crippen molar-refractivity contribution in [3.63, 3.8) is 0 Å². The van der Waals surface area contributed by atoms with Gasteiger partial charge in [0.2, 0.25) is 0 Å². The lowest BCUT2D eigenvalue weighted by molar-refractivity contribution is -0.384. The molecule has 4 aromatic carbocycles. The maximum absolute atomic E-state index is 11.1. The summed E-state index contributed by atoms with van der Waals surface area (Å²) in [7, 11) is 3.25. The van der Waals surface area contributed by atoms with E-state index in [0.717, 1.165) is 55.9 Å². The number of nitrogens with two attached hydrogens (primary N) is 1. The number of benzene rings is 4. The molecule has 0 aliphatic heterocycles. The van der Waals surface area contributed by atoms with Crippen molar-refractivity contribution in [1.82, 2.24) is 4.98 Å². The van der Waals surface area contributed by atoms with E-state index in [-0.39, 0.29) is 5.69 Å². The minimum atomic E-state index is -0.411. The Morgan fingerprint density at radius 3 is 1.86 bits per heavy atom. The maximum atomic E-state index is 11.1. The van der Waals surface area contributed by atoms with Gasteiger partial charge in [-0.2, -0.15) is 0 Å². The largest absolute Gasteiger partial charge is 0.497 e. The number of nitrogen functional groups attached to an aromatic ring is 1. The number of pyridine rings is 1. The van der Waals surface area contributed by atoms with Crippen molar-refractivity contribution >= 4 is 22.3 Å². The summed E-state index contributed by atoms with van der Waals surface area (Å²) in [5.74, 6) is 1.49. The van der Waals surface area contributed by atoms with E-state index in [4.69, 9.17) is 20.2 Å². The molecule has 0 unspecified atom stereocenters. The lowest BCUT2D eigenvalue weighted by atomic mass is 9.92. The van der Waals surface area contributed by atoms with Crippen LogP contribution < -0.4 is 15.2 Å². The van der Waals surface area contributed by atoms with Gasteiger partial charge in [-0.25, -0.2) is 4.98 Å². The van der Waals surface area contributed by atoms with Crippen LogP contribution in [0.3, 0.4) is 0 Å². The highest BCUT2D eigenvalue weighted by Gasteiger charge is 2.19. The van der Waals surface area contributed by atoms with Crippen LogP contribution in [0.25, 0.3) is 44.4 Å². The summed E-state index contributed by atoms with van der Waals surface area (Å²) in [6.45, 7) is 0. The van der Waals surface area contributed by atoms with Crippen LogP contribution in [0.1, 0.15) is 0 Å². The van der Waals surface area contributed by atoms with E-state index in [0.29, 0.717) is 5.69 Å². The Bertz CT molecular complexity index is 1560. The number of ether oxygens (including phenoxy) is 2. The average molecular weight is 478 g/mol. The lowest BCUT2D eigenvalue weighted by Gasteiger charge is -2.18. The molecule has 7 heteroatoms. The molecule has 0 bridgehead atoms. The Morgan fingerprint density at radius 2 is 1.31 bits per heavy atom. The van der Waals surface area contributed by atoms with Crippen LogP contribution in [-0.4, -0.2) is 24.1 Å². The van der Waals surface area contributed by atoms with Gasteiger partial charge in [0.15, 0.2) is 0 Å². The summed E-state index contributed by atoms with van der Waals surface area (Å²) in [4.78, 5) is 15.8. The second kappa shape index (κ2) is 9.38. The number of hydrogen-bond donors (Lipinski definition) is 1. The number of hydrogen-bond acceptors (Lipinski definition) is 6. The highest BCUT2D eigenvalue weighted by molar-refractivity contribution is 6.10. The summed E-state index contributed by atoms with van der Waals surface area (Å²) >= 11 is 0. The summed E-state index contributed by atoms with van der Waals surface area (Å²) < 4.78 is 10.7. The van der Waals surface area contributed by atoms with Crippen molar-refractivity contribution in [2.45, 2.75) is 0 Å². The average Bonchev–Trinajstić information content (AvgIpc) is 2.93. The van der Waals surface area contributed by atoms with Gasteiger partial charge in [0.1, 0.15) is 11.5 Å². The fourth-order valence-corrected chi connectivity index (χ4v) is 4.36. The Balaban J connectivity index is 1.79. The van der Waals surface area contributed by atoms with Crippen LogP contribution in [0.5, 0.6) is 11.5 Å². The van der Waals surface area contributed by atoms with Crippen LogP contribution in [0.2, 0.25) is 0 Å². The minimum absolute atomic E-state index is 0.0331. The Labute approximate surface area is 207 Å². The van der Waals surface area contributed by atoms with Crippen LogP contribution in [0.4, 0.5) is 11.4 Å². The van der Waals surface area contributed by atoms with Gasteiger partial charge in [-0.1, -0.05) is 24.3 Å². The molecule has 36 heavy (non-hydrogen) atoms. The predicted molar refractivity (Wildman–Crippen MR) is 142 cm³/mol. The highest BCUT2D eigenvalue weighted by atomic mass is 16.6. The molecule has 1 aromatic heterocycles. The van der Waals surface area contributed by atoms with Crippen molar-refractivity contribution in [2.75, 3.05) is 20.0 Å². The molecule has 5 aromatic rings. The van der Waals surface area contributed by atoms with Crippen LogP contribution in [0.15, 0.2) is 91.0 Å². The summed E-state index contributed by atoms with van der Waals surface area (Å²) in [6, 6.07) is 27.6. The molecule has 0 fully saturated rings. The molecule has 0 amide bonds. The number of non-ortho nitro benzene ring substituents is 1. The van der Waals surface area contributed by atoms with Crippen molar-refractivity contribution in [1.29, 1.82) is 0 Å². The number of nitrogens with zero attached hydrogens (tertiary/aromatic N) is 2. The minimum Gasteiger partial charge on any atom is -0.497 e. The van der Waals surface area contributed by atoms with E-state index in [1.807, 2.05) is 66.7 Å². The van der Waals surface area contributed by atoms with Crippen LogP contribution >= 0.6 is 0 Å². The molecule has 2 N–H and O–H groups in total. The lowest BCUT2D eigenvalue weighted by Crippen LogP contribution is -2.00. The van der Waals surface area contributed by atoms with Gasteiger partial charge in [-0.3, -0.25) is 10.1 Å². The number of anilines is 1. The zero-order chi connectivity index (χ0) is 25.2. The Kier molecular flexibility index (Phi) is 5.96. The van der Waals surface area contributed by atoms with Gasteiger partial charge in [0.25, 0.3) is 5.69 Å². The monoisotopic (exact) mass is 477 g/mol. The van der Waals surface area contributed by atoms with Gasteiger partial charge < -0.3 is 15.2 Å². The van der Waals surface area contributed by atoms with Gasteiger partial charge in [0, 0.05) is 28.6 Å². The van der Waals surface area contributed by atoms with E-state index in [1.54, 1.807) is 26.4 Å². The summed E-state index contributed by atoms with van der Waals surface area (Å²) in [5.41, 5.74) is 13.3.